The number of halogens is 1. The summed E-state index contributed by atoms with van der Waals surface area (Å²) in [6.07, 6.45) is 1.21. The summed E-state index contributed by atoms with van der Waals surface area (Å²) in [6.45, 7) is -0.557. The smallest absolute Gasteiger partial charge is 0.244 e. The van der Waals surface area contributed by atoms with Crippen molar-refractivity contribution in [2.24, 2.45) is 0 Å². The molecule has 0 radical (unpaired) electrons. The van der Waals surface area contributed by atoms with Crippen LogP contribution in [0.25, 0.3) is 0 Å². The van der Waals surface area contributed by atoms with E-state index in [0.717, 1.165) is 16.1 Å². The number of rotatable bonds is 11. The van der Waals surface area contributed by atoms with Crippen molar-refractivity contribution in [3.05, 3.63) is 95.8 Å². The minimum atomic E-state index is -3.86. The van der Waals surface area contributed by atoms with Gasteiger partial charge < -0.3 is 15.0 Å². The monoisotopic (exact) mass is 527 g/mol. The molecule has 1 N–H and O–H groups in total. The maximum absolute atomic E-state index is 13.8. The molecule has 0 heterocycles. The number of nitrogens with one attached hydrogen (secondary N) is 1. The standard InChI is InChI=1S/C27H30FN3O5S/c1-29-27(33)25(17-20-7-5-4-6-8-20)30(18-21-9-11-22(28)12-10-21)26(32)19-31(37(3,34)35)23-13-15-24(36-2)16-14-23/h4-16,25H,17-19H2,1-3H3,(H,29,33)/t25-/m0/s1. The van der Waals surface area contributed by atoms with E-state index in [2.05, 4.69) is 5.32 Å². The second-order valence-electron chi connectivity index (χ2n) is 8.44. The Morgan fingerprint density at radius 2 is 1.57 bits per heavy atom. The van der Waals surface area contributed by atoms with E-state index in [1.807, 2.05) is 30.3 Å². The summed E-state index contributed by atoms with van der Waals surface area (Å²) in [7, 11) is -0.895. The molecule has 37 heavy (non-hydrogen) atoms. The summed E-state index contributed by atoms with van der Waals surface area (Å²) in [5, 5.41) is 2.60. The Morgan fingerprint density at radius 1 is 0.946 bits per heavy atom. The highest BCUT2D eigenvalue weighted by atomic mass is 32.2. The van der Waals surface area contributed by atoms with Crippen LogP contribution in [-0.4, -0.2) is 58.1 Å². The Hall–Kier alpha value is -3.92. The summed E-state index contributed by atoms with van der Waals surface area (Å²) in [5.41, 5.74) is 1.69. The first-order chi connectivity index (χ1) is 17.6. The second-order valence-corrected chi connectivity index (χ2v) is 10.3. The molecule has 0 saturated heterocycles. The van der Waals surface area contributed by atoms with Gasteiger partial charge >= 0.3 is 0 Å². The number of methoxy groups -OCH3 is 1. The molecule has 8 nitrogen and oxygen atoms in total. The van der Waals surface area contributed by atoms with Gasteiger partial charge in [-0.3, -0.25) is 13.9 Å². The third-order valence-electron chi connectivity index (χ3n) is 5.82. The Balaban J connectivity index is 2.00. The molecule has 0 spiro atoms. The van der Waals surface area contributed by atoms with Crippen LogP contribution >= 0.6 is 0 Å². The average Bonchev–Trinajstić information content (AvgIpc) is 2.89. The van der Waals surface area contributed by atoms with Crippen LogP contribution in [0.15, 0.2) is 78.9 Å². The molecule has 1 atom stereocenters. The quantitative estimate of drug-likeness (QED) is 0.414. The third kappa shape index (κ3) is 7.53. The highest BCUT2D eigenvalue weighted by Crippen LogP contribution is 2.23. The molecule has 3 rings (SSSR count). The zero-order valence-corrected chi connectivity index (χ0v) is 21.7. The van der Waals surface area contributed by atoms with Crippen molar-refractivity contribution < 1.29 is 27.1 Å². The zero-order valence-electron chi connectivity index (χ0n) is 20.9. The third-order valence-corrected chi connectivity index (χ3v) is 6.96. The van der Waals surface area contributed by atoms with Crippen molar-refractivity contribution in [2.75, 3.05) is 31.3 Å². The number of nitrogens with zero attached hydrogens (tertiary/aromatic N) is 2. The Labute approximate surface area is 216 Å². The predicted molar refractivity (Wildman–Crippen MR) is 140 cm³/mol. The number of carbonyl (C=O) groups is 2. The summed E-state index contributed by atoms with van der Waals surface area (Å²) in [6, 6.07) is 20.1. The molecule has 0 aliphatic rings. The van der Waals surface area contributed by atoms with Crippen molar-refractivity contribution in [2.45, 2.75) is 19.0 Å². The van der Waals surface area contributed by atoms with Crippen molar-refractivity contribution in [1.29, 1.82) is 0 Å². The summed E-state index contributed by atoms with van der Waals surface area (Å²) in [4.78, 5) is 28.1. The van der Waals surface area contributed by atoms with Gasteiger partial charge in [0.2, 0.25) is 21.8 Å². The number of anilines is 1. The van der Waals surface area contributed by atoms with Gasteiger partial charge in [0.15, 0.2) is 0 Å². The SMILES string of the molecule is CNC(=O)[C@H](Cc1ccccc1)N(Cc1ccc(F)cc1)C(=O)CN(c1ccc(OC)cc1)S(C)(=O)=O. The normalized spacial score (nSPS) is 11.9. The number of amides is 2. The van der Waals surface area contributed by atoms with Crippen LogP contribution in [0.3, 0.4) is 0 Å². The fourth-order valence-electron chi connectivity index (χ4n) is 3.87. The molecule has 0 saturated carbocycles. The van der Waals surface area contributed by atoms with Gasteiger partial charge in [0.1, 0.15) is 24.2 Å². The van der Waals surface area contributed by atoms with E-state index < -0.39 is 40.2 Å². The summed E-state index contributed by atoms with van der Waals surface area (Å²) in [5.74, 6) is -0.898. The molecule has 196 valence electrons. The van der Waals surface area contributed by atoms with E-state index in [9.17, 15) is 22.4 Å². The predicted octanol–water partition coefficient (Wildman–Crippen LogP) is 2.99. The highest BCUT2D eigenvalue weighted by Gasteiger charge is 2.32. The van der Waals surface area contributed by atoms with Crippen LogP contribution in [-0.2, 0) is 32.6 Å². The van der Waals surface area contributed by atoms with Gasteiger partial charge in [-0.2, -0.15) is 0 Å². The van der Waals surface area contributed by atoms with E-state index in [-0.39, 0.29) is 18.7 Å². The lowest BCUT2D eigenvalue weighted by Gasteiger charge is -2.33. The zero-order chi connectivity index (χ0) is 27.0. The van der Waals surface area contributed by atoms with Gasteiger partial charge in [-0.1, -0.05) is 42.5 Å². The fourth-order valence-corrected chi connectivity index (χ4v) is 4.72. The maximum atomic E-state index is 13.8. The molecule has 10 heteroatoms. The number of ether oxygens (including phenoxy) is 1. The largest absolute Gasteiger partial charge is 0.497 e. The molecule has 0 aromatic heterocycles. The van der Waals surface area contributed by atoms with E-state index in [0.29, 0.717) is 11.3 Å². The van der Waals surface area contributed by atoms with Crippen molar-refractivity contribution in [1.82, 2.24) is 10.2 Å². The topological polar surface area (TPSA) is 96.0 Å². The van der Waals surface area contributed by atoms with Gasteiger partial charge in [0, 0.05) is 20.0 Å². The molecule has 0 aliphatic heterocycles. The van der Waals surface area contributed by atoms with E-state index in [4.69, 9.17) is 4.74 Å². The van der Waals surface area contributed by atoms with E-state index >= 15 is 0 Å². The van der Waals surface area contributed by atoms with Gasteiger partial charge in [0.05, 0.1) is 19.1 Å². The number of sulfonamides is 1. The first-order valence-electron chi connectivity index (χ1n) is 11.5. The number of likely N-dealkylation sites (N-methyl/N-ethyl adjacent to an activating group) is 1. The van der Waals surface area contributed by atoms with Crippen molar-refractivity contribution in [3.63, 3.8) is 0 Å². The van der Waals surface area contributed by atoms with Crippen LogP contribution in [0.4, 0.5) is 10.1 Å². The lowest BCUT2D eigenvalue weighted by molar-refractivity contribution is -0.139. The van der Waals surface area contributed by atoms with Crippen LogP contribution in [0.5, 0.6) is 5.75 Å². The lowest BCUT2D eigenvalue weighted by atomic mass is 10.0. The van der Waals surface area contributed by atoms with Gasteiger partial charge in [-0.05, 0) is 47.5 Å². The first-order valence-corrected chi connectivity index (χ1v) is 13.4. The van der Waals surface area contributed by atoms with Crippen LogP contribution < -0.4 is 14.4 Å². The van der Waals surface area contributed by atoms with Gasteiger partial charge in [-0.25, -0.2) is 12.8 Å². The molecule has 3 aromatic rings. The molecule has 0 aliphatic carbocycles. The molecule has 0 fully saturated rings. The summed E-state index contributed by atoms with van der Waals surface area (Å²) >= 11 is 0. The fraction of sp³-hybridized carbons (Fsp3) is 0.259. The van der Waals surface area contributed by atoms with Crippen LogP contribution in [0, 0.1) is 5.82 Å². The maximum Gasteiger partial charge on any atom is 0.244 e. The summed E-state index contributed by atoms with van der Waals surface area (Å²) < 4.78 is 45.0. The average molecular weight is 528 g/mol. The molecular weight excluding hydrogens is 497 g/mol. The number of carbonyl (C=O) groups excluding carboxylic acids is 2. The molecule has 0 bridgehead atoms. The first kappa shape index (κ1) is 27.7. The van der Waals surface area contributed by atoms with Crippen LogP contribution in [0.1, 0.15) is 11.1 Å². The van der Waals surface area contributed by atoms with Crippen molar-refractivity contribution >= 4 is 27.5 Å². The number of hydrogen-bond acceptors (Lipinski definition) is 5. The molecule has 3 aromatic carbocycles. The van der Waals surface area contributed by atoms with Crippen LogP contribution in [0.2, 0.25) is 0 Å². The highest BCUT2D eigenvalue weighted by molar-refractivity contribution is 7.92. The van der Waals surface area contributed by atoms with Crippen molar-refractivity contribution in [3.8, 4) is 5.75 Å². The number of hydrogen-bond donors (Lipinski definition) is 1. The van der Waals surface area contributed by atoms with Gasteiger partial charge in [-0.15, -0.1) is 0 Å². The number of benzene rings is 3. The van der Waals surface area contributed by atoms with E-state index in [1.54, 1.807) is 12.1 Å². The Bertz CT molecular complexity index is 1300. The Morgan fingerprint density at radius 3 is 2.11 bits per heavy atom. The van der Waals surface area contributed by atoms with Gasteiger partial charge in [0.25, 0.3) is 0 Å². The second kappa shape index (κ2) is 12.4. The minimum Gasteiger partial charge on any atom is -0.497 e. The molecular formula is C27H30FN3O5S. The Kier molecular flexibility index (Phi) is 9.24. The minimum absolute atomic E-state index is 0.0236. The van der Waals surface area contributed by atoms with E-state index in [1.165, 1.54) is 55.5 Å². The lowest BCUT2D eigenvalue weighted by Crippen LogP contribution is -2.52. The molecule has 0 unspecified atom stereocenters. The molecule has 2 amide bonds.